The van der Waals surface area contributed by atoms with Crippen LogP contribution >= 0.6 is 0 Å². The van der Waals surface area contributed by atoms with Gasteiger partial charge in [0.2, 0.25) is 0 Å². The molecule has 0 unspecified atom stereocenters. The van der Waals surface area contributed by atoms with Crippen LogP contribution in [0.1, 0.15) is 51.3 Å². The van der Waals surface area contributed by atoms with E-state index in [0.29, 0.717) is 0 Å². The van der Waals surface area contributed by atoms with E-state index >= 15 is 0 Å². The molecule has 0 radical (unpaired) electrons. The smallest absolute Gasteiger partial charge is 0.0159 e. The van der Waals surface area contributed by atoms with Crippen molar-refractivity contribution in [2.24, 2.45) is 0 Å². The molecule has 0 saturated carbocycles. The summed E-state index contributed by atoms with van der Waals surface area (Å²) in [7, 11) is 0. The molecule has 0 amide bonds. The largest absolute Gasteiger partial charge is 0.0610 e. The molecule has 0 heteroatoms. The molecular weight excluding hydrogens is 420 g/mol. The Hall–Kier alpha value is -3.64. The summed E-state index contributed by atoms with van der Waals surface area (Å²) in [5.41, 5.74) is 15.2. The van der Waals surface area contributed by atoms with Crippen LogP contribution in [0.3, 0.4) is 0 Å². The van der Waals surface area contributed by atoms with Crippen molar-refractivity contribution in [1.29, 1.82) is 0 Å². The van der Waals surface area contributed by atoms with Crippen LogP contribution in [0.15, 0.2) is 91.0 Å². The number of rotatable bonds is 1. The second-order valence-electron chi connectivity index (χ2n) is 11.9. The van der Waals surface area contributed by atoms with Crippen molar-refractivity contribution in [2.75, 3.05) is 0 Å². The van der Waals surface area contributed by atoms with Crippen LogP contribution in [0.2, 0.25) is 0 Å². The lowest BCUT2D eigenvalue weighted by molar-refractivity contribution is 0.584. The predicted molar refractivity (Wildman–Crippen MR) is 150 cm³/mol. The van der Waals surface area contributed by atoms with E-state index in [1.165, 1.54) is 72.0 Å². The van der Waals surface area contributed by atoms with E-state index in [0.717, 1.165) is 0 Å². The van der Waals surface area contributed by atoms with Crippen molar-refractivity contribution >= 4 is 10.8 Å². The van der Waals surface area contributed by atoms with E-state index in [1.54, 1.807) is 0 Å². The first-order valence-corrected chi connectivity index (χ1v) is 12.7. The fourth-order valence-corrected chi connectivity index (χ4v) is 6.35. The van der Waals surface area contributed by atoms with Gasteiger partial charge in [0.05, 0.1) is 0 Å². The monoisotopic (exact) mass is 450 g/mol. The summed E-state index contributed by atoms with van der Waals surface area (Å²) in [4.78, 5) is 0. The first-order chi connectivity index (χ1) is 16.7. The van der Waals surface area contributed by atoms with E-state index in [-0.39, 0.29) is 10.8 Å². The lowest BCUT2D eigenvalue weighted by Crippen LogP contribution is -2.17. The van der Waals surface area contributed by atoms with Crippen LogP contribution < -0.4 is 0 Å². The van der Waals surface area contributed by atoms with Gasteiger partial charge in [0, 0.05) is 5.41 Å². The molecule has 0 heterocycles. The topological polar surface area (TPSA) is 0 Å². The minimum absolute atomic E-state index is 0.0134. The molecule has 2 aliphatic carbocycles. The number of benzene rings is 5. The Morgan fingerprint density at radius 3 is 1.77 bits per heavy atom. The van der Waals surface area contributed by atoms with Crippen molar-refractivity contribution in [3.8, 4) is 44.5 Å². The van der Waals surface area contributed by atoms with Gasteiger partial charge in [-0.1, -0.05) is 113 Å². The zero-order valence-electron chi connectivity index (χ0n) is 21.2. The summed E-state index contributed by atoms with van der Waals surface area (Å²) in [5.74, 6) is 0. The molecule has 0 saturated heterocycles. The van der Waals surface area contributed by atoms with Gasteiger partial charge in [-0.25, -0.2) is 0 Å². The first-order valence-electron chi connectivity index (χ1n) is 12.7. The van der Waals surface area contributed by atoms with Crippen molar-refractivity contribution in [3.63, 3.8) is 0 Å². The van der Waals surface area contributed by atoms with Gasteiger partial charge in [-0.15, -0.1) is 0 Å². The van der Waals surface area contributed by atoms with Crippen LogP contribution in [0.4, 0.5) is 0 Å². The lowest BCUT2D eigenvalue weighted by Gasteiger charge is -2.25. The number of hydrogen-bond donors (Lipinski definition) is 0. The highest BCUT2D eigenvalue weighted by Gasteiger charge is 2.36. The Morgan fingerprint density at radius 2 is 1.09 bits per heavy atom. The maximum atomic E-state index is 2.45. The molecule has 0 fully saturated rings. The van der Waals surface area contributed by atoms with Gasteiger partial charge < -0.3 is 0 Å². The first kappa shape index (κ1) is 20.7. The zero-order valence-corrected chi connectivity index (χ0v) is 21.2. The molecule has 35 heavy (non-hydrogen) atoms. The number of hydrogen-bond acceptors (Lipinski definition) is 0. The SMILES string of the molecule is CC(C)(C)c1ccc2c(c1)C(C)(C)c1cc(-c3ccc4c(c3)-c3cccc5cccc-4c35)ccc1-2. The quantitative estimate of drug-likeness (QED) is 0.234. The summed E-state index contributed by atoms with van der Waals surface area (Å²) in [6.07, 6.45) is 0. The summed E-state index contributed by atoms with van der Waals surface area (Å²) >= 11 is 0. The molecule has 0 nitrogen and oxygen atoms in total. The molecule has 0 spiro atoms. The second kappa shape index (κ2) is 6.73. The normalized spacial score (nSPS) is 14.7. The minimum Gasteiger partial charge on any atom is -0.0610 e. The molecule has 0 bridgehead atoms. The van der Waals surface area contributed by atoms with Gasteiger partial charge in [-0.05, 0) is 89.5 Å². The molecule has 2 aliphatic rings. The minimum atomic E-state index is -0.0134. The molecule has 0 atom stereocenters. The van der Waals surface area contributed by atoms with E-state index in [2.05, 4.69) is 126 Å². The Bertz CT molecular complexity index is 1680. The van der Waals surface area contributed by atoms with Crippen LogP contribution in [0, 0.1) is 0 Å². The Morgan fingerprint density at radius 1 is 0.514 bits per heavy atom. The predicted octanol–water partition coefficient (Wildman–Crippen LogP) is 9.76. The van der Waals surface area contributed by atoms with E-state index in [4.69, 9.17) is 0 Å². The van der Waals surface area contributed by atoms with Crippen molar-refractivity contribution in [1.82, 2.24) is 0 Å². The van der Waals surface area contributed by atoms with E-state index in [9.17, 15) is 0 Å². The lowest BCUT2D eigenvalue weighted by atomic mass is 9.78. The van der Waals surface area contributed by atoms with E-state index in [1.807, 2.05) is 0 Å². The molecule has 0 aliphatic heterocycles. The Labute approximate surface area is 208 Å². The van der Waals surface area contributed by atoms with Crippen molar-refractivity contribution in [2.45, 2.75) is 45.4 Å². The Kier molecular flexibility index (Phi) is 3.98. The highest BCUT2D eigenvalue weighted by atomic mass is 14.4. The van der Waals surface area contributed by atoms with Crippen LogP contribution in [-0.4, -0.2) is 0 Å². The highest BCUT2D eigenvalue weighted by Crippen LogP contribution is 2.52. The van der Waals surface area contributed by atoms with Gasteiger partial charge in [0.25, 0.3) is 0 Å². The Balaban J connectivity index is 1.36. The highest BCUT2D eigenvalue weighted by molar-refractivity contribution is 6.15. The van der Waals surface area contributed by atoms with Crippen LogP contribution in [-0.2, 0) is 10.8 Å². The van der Waals surface area contributed by atoms with Gasteiger partial charge in [0.1, 0.15) is 0 Å². The van der Waals surface area contributed by atoms with Gasteiger partial charge in [0.15, 0.2) is 0 Å². The maximum Gasteiger partial charge on any atom is 0.0159 e. The van der Waals surface area contributed by atoms with Crippen LogP contribution in [0.5, 0.6) is 0 Å². The van der Waals surface area contributed by atoms with Gasteiger partial charge in [-0.2, -0.15) is 0 Å². The van der Waals surface area contributed by atoms with Gasteiger partial charge in [-0.3, -0.25) is 0 Å². The van der Waals surface area contributed by atoms with Crippen LogP contribution in [0.25, 0.3) is 55.3 Å². The molecule has 7 rings (SSSR count). The van der Waals surface area contributed by atoms with Gasteiger partial charge >= 0.3 is 0 Å². The zero-order chi connectivity index (χ0) is 24.1. The summed E-state index contributed by atoms with van der Waals surface area (Å²) in [5, 5.41) is 2.71. The third-order valence-corrected chi connectivity index (χ3v) is 8.38. The maximum absolute atomic E-state index is 2.45. The standard InChI is InChI=1S/C35H30/c1-34(2,3)24-14-17-27-26-16-13-23(19-31(26)35(4,5)32(27)20-24)22-12-15-25-28-10-6-8-21-9-7-11-29(33(21)28)30(25)18-22/h6-20H,1-5H3. The molecule has 0 aromatic heterocycles. The summed E-state index contributed by atoms with van der Waals surface area (Å²) in [6, 6.07) is 34.6. The summed E-state index contributed by atoms with van der Waals surface area (Å²) < 4.78 is 0. The third kappa shape index (κ3) is 2.80. The van der Waals surface area contributed by atoms with Crippen molar-refractivity contribution < 1.29 is 0 Å². The molecular formula is C35H30. The molecule has 0 N–H and O–H groups in total. The second-order valence-corrected chi connectivity index (χ2v) is 11.9. The number of fused-ring (bicyclic) bond motifs is 6. The average molecular weight is 451 g/mol. The fraction of sp³-hybridized carbons (Fsp3) is 0.200. The summed E-state index contributed by atoms with van der Waals surface area (Å²) in [6.45, 7) is 11.7. The average Bonchev–Trinajstić information content (AvgIpc) is 3.29. The molecule has 170 valence electrons. The molecule has 5 aromatic rings. The fourth-order valence-electron chi connectivity index (χ4n) is 6.35. The third-order valence-electron chi connectivity index (χ3n) is 8.38. The van der Waals surface area contributed by atoms with Crippen molar-refractivity contribution in [3.05, 3.63) is 108 Å². The molecule has 5 aromatic carbocycles. The van der Waals surface area contributed by atoms with E-state index < -0.39 is 0 Å².